The summed E-state index contributed by atoms with van der Waals surface area (Å²) in [5, 5.41) is 7.57. The molecule has 0 aliphatic heterocycles. The Morgan fingerprint density at radius 3 is 1.56 bits per heavy atom. The van der Waals surface area contributed by atoms with Gasteiger partial charge in [0.2, 0.25) is 0 Å². The molecule has 0 radical (unpaired) electrons. The molecule has 59 heavy (non-hydrogen) atoms. The Kier molecular flexibility index (Phi) is 8.12. The summed E-state index contributed by atoms with van der Waals surface area (Å²) in [5.41, 5.74) is 13.0. The summed E-state index contributed by atoms with van der Waals surface area (Å²) in [6, 6.07) is 72.6. The van der Waals surface area contributed by atoms with Gasteiger partial charge in [0.05, 0.1) is 5.69 Å². The van der Waals surface area contributed by atoms with E-state index in [0.717, 1.165) is 23.4 Å². The van der Waals surface area contributed by atoms with Crippen LogP contribution in [0.1, 0.15) is 44.1 Å². The molecule has 9 aromatic carbocycles. The fourth-order valence-electron chi connectivity index (χ4n) is 12.1. The highest BCUT2D eigenvalue weighted by molar-refractivity contribution is 6.10. The monoisotopic (exact) mass is 757 g/mol. The van der Waals surface area contributed by atoms with Crippen LogP contribution in [0.15, 0.2) is 194 Å². The molecule has 1 heteroatoms. The van der Waals surface area contributed by atoms with E-state index >= 15 is 0 Å². The van der Waals surface area contributed by atoms with Crippen LogP contribution >= 0.6 is 0 Å². The zero-order valence-electron chi connectivity index (χ0n) is 33.4. The lowest BCUT2D eigenvalue weighted by atomic mass is 9.48. The van der Waals surface area contributed by atoms with Gasteiger partial charge in [-0.1, -0.05) is 152 Å². The van der Waals surface area contributed by atoms with E-state index in [1.807, 2.05) is 0 Å². The van der Waals surface area contributed by atoms with E-state index in [-0.39, 0.29) is 0 Å². The van der Waals surface area contributed by atoms with Crippen molar-refractivity contribution in [3.8, 4) is 33.4 Å². The lowest BCUT2D eigenvalue weighted by molar-refractivity contribution is -0.00518. The van der Waals surface area contributed by atoms with Gasteiger partial charge in [0.1, 0.15) is 0 Å². The highest BCUT2D eigenvalue weighted by Crippen LogP contribution is 2.61. The molecule has 4 fully saturated rings. The Balaban J connectivity index is 0.965. The van der Waals surface area contributed by atoms with E-state index in [1.54, 1.807) is 5.56 Å². The Bertz CT molecular complexity index is 2970. The summed E-state index contributed by atoms with van der Waals surface area (Å²) in [5.74, 6) is 2.78. The Morgan fingerprint density at radius 1 is 0.356 bits per heavy atom. The van der Waals surface area contributed by atoms with Crippen molar-refractivity contribution in [1.82, 2.24) is 0 Å². The fourth-order valence-corrected chi connectivity index (χ4v) is 12.1. The van der Waals surface area contributed by atoms with Crippen LogP contribution < -0.4 is 4.90 Å². The average molecular weight is 758 g/mol. The second-order valence-corrected chi connectivity index (χ2v) is 18.0. The molecule has 0 unspecified atom stereocenters. The molecule has 0 atom stereocenters. The van der Waals surface area contributed by atoms with Crippen LogP contribution in [0.4, 0.5) is 17.1 Å². The second kappa shape index (κ2) is 13.8. The molecule has 0 aromatic heterocycles. The highest BCUT2D eigenvalue weighted by atomic mass is 15.1. The topological polar surface area (TPSA) is 3.24 Å². The largest absolute Gasteiger partial charge is 0.310 e. The summed E-state index contributed by atoms with van der Waals surface area (Å²) in [4.78, 5) is 2.50. The fraction of sp³-hybridized carbons (Fsp3) is 0.172. The van der Waals surface area contributed by atoms with Gasteiger partial charge in [-0.3, -0.25) is 0 Å². The molecule has 0 amide bonds. The molecule has 0 heterocycles. The smallest absolute Gasteiger partial charge is 0.0540 e. The first kappa shape index (κ1) is 34.6. The van der Waals surface area contributed by atoms with Crippen molar-refractivity contribution in [1.29, 1.82) is 0 Å². The Hall–Kier alpha value is -6.44. The molecule has 0 spiro atoms. The van der Waals surface area contributed by atoms with Gasteiger partial charge in [-0.15, -0.1) is 0 Å². The van der Waals surface area contributed by atoms with Crippen LogP contribution in [-0.2, 0) is 5.41 Å². The van der Waals surface area contributed by atoms with Crippen LogP contribution in [0.3, 0.4) is 0 Å². The molecule has 0 N–H and O–H groups in total. The van der Waals surface area contributed by atoms with Crippen LogP contribution in [0.2, 0.25) is 0 Å². The molecule has 284 valence electrons. The van der Waals surface area contributed by atoms with Gasteiger partial charge in [0.15, 0.2) is 0 Å². The third-order valence-corrected chi connectivity index (χ3v) is 14.4. The van der Waals surface area contributed by atoms with Crippen molar-refractivity contribution in [3.63, 3.8) is 0 Å². The molecular formula is C58H47N. The molecule has 4 bridgehead atoms. The van der Waals surface area contributed by atoms with Gasteiger partial charge < -0.3 is 4.90 Å². The Morgan fingerprint density at radius 2 is 0.881 bits per heavy atom. The number of anilines is 3. The minimum Gasteiger partial charge on any atom is -0.310 e. The minimum atomic E-state index is 0.369. The first-order valence-electron chi connectivity index (χ1n) is 21.7. The summed E-state index contributed by atoms with van der Waals surface area (Å²) >= 11 is 0. The van der Waals surface area contributed by atoms with Crippen LogP contribution in [0.25, 0.3) is 65.7 Å². The number of hydrogen-bond acceptors (Lipinski definition) is 1. The highest BCUT2D eigenvalue weighted by Gasteiger charge is 2.51. The van der Waals surface area contributed by atoms with Crippen molar-refractivity contribution < 1.29 is 0 Å². The Labute approximate surface area is 347 Å². The van der Waals surface area contributed by atoms with Crippen molar-refractivity contribution in [2.75, 3.05) is 4.90 Å². The zero-order chi connectivity index (χ0) is 38.9. The lowest BCUT2D eigenvalue weighted by Crippen LogP contribution is -2.48. The average Bonchev–Trinajstić information content (AvgIpc) is 3.29. The van der Waals surface area contributed by atoms with Crippen molar-refractivity contribution in [2.24, 2.45) is 17.8 Å². The summed E-state index contributed by atoms with van der Waals surface area (Å²) in [6.45, 7) is 0. The molecule has 4 saturated carbocycles. The van der Waals surface area contributed by atoms with Crippen molar-refractivity contribution in [3.05, 3.63) is 200 Å². The van der Waals surface area contributed by atoms with Gasteiger partial charge >= 0.3 is 0 Å². The number of fused-ring (bicyclic) bond motifs is 3. The minimum absolute atomic E-state index is 0.369. The summed E-state index contributed by atoms with van der Waals surface area (Å²) in [7, 11) is 0. The van der Waals surface area contributed by atoms with Crippen LogP contribution in [-0.4, -0.2) is 0 Å². The van der Waals surface area contributed by atoms with Crippen molar-refractivity contribution >= 4 is 49.4 Å². The predicted molar refractivity (Wildman–Crippen MR) is 250 cm³/mol. The maximum absolute atomic E-state index is 2.50. The SMILES string of the molecule is c1ccc(-c2ccc3ccc(-c4ccc(N(c5ccc(C67CC8CC(CC(C8)C6)C7)cc5)c5ccc(-c6cccc7ccccc67)c6ccccc56)cc4)cc3c2)cc1. The molecule has 9 aromatic rings. The van der Waals surface area contributed by atoms with E-state index in [1.165, 1.54) is 116 Å². The quantitative estimate of drug-likeness (QED) is 0.156. The third kappa shape index (κ3) is 5.98. The standard InChI is InChI=1S/C58H47N/c1-2-9-42(10-3-1)46-19-17-44-18-20-47(35-48(44)34-46)43-21-25-50(26-22-43)59(51-27-23-49(24-28-51)58-36-39-31-40(37-58)33-41(32-39)38-58)57-30-29-55(54-14-6-7-15-56(54)57)53-16-8-12-45-11-4-5-13-52(45)53/h1-30,34-35,39-41H,31-33,36-38H2. The van der Waals surface area contributed by atoms with E-state index < -0.39 is 0 Å². The van der Waals surface area contributed by atoms with Gasteiger partial charge in [-0.05, 0) is 170 Å². The second-order valence-electron chi connectivity index (χ2n) is 18.0. The molecule has 13 rings (SSSR count). The van der Waals surface area contributed by atoms with Gasteiger partial charge in [0.25, 0.3) is 0 Å². The van der Waals surface area contributed by atoms with E-state index in [4.69, 9.17) is 0 Å². The maximum Gasteiger partial charge on any atom is 0.0540 e. The van der Waals surface area contributed by atoms with Crippen molar-refractivity contribution in [2.45, 2.75) is 43.9 Å². The van der Waals surface area contributed by atoms with Gasteiger partial charge in [-0.25, -0.2) is 0 Å². The normalized spacial score (nSPS) is 20.7. The number of nitrogens with zero attached hydrogens (tertiary/aromatic N) is 1. The van der Waals surface area contributed by atoms with Crippen LogP contribution in [0, 0.1) is 17.8 Å². The number of hydrogen-bond donors (Lipinski definition) is 0. The number of benzene rings is 9. The first-order chi connectivity index (χ1) is 29.1. The summed E-state index contributed by atoms with van der Waals surface area (Å²) in [6.07, 6.45) is 8.55. The molecule has 4 aliphatic carbocycles. The molecular weight excluding hydrogens is 711 g/mol. The third-order valence-electron chi connectivity index (χ3n) is 14.4. The maximum atomic E-state index is 2.50. The zero-order valence-corrected chi connectivity index (χ0v) is 33.4. The van der Waals surface area contributed by atoms with E-state index in [2.05, 4.69) is 199 Å². The van der Waals surface area contributed by atoms with Gasteiger partial charge in [-0.2, -0.15) is 0 Å². The first-order valence-corrected chi connectivity index (χ1v) is 21.7. The number of rotatable bonds is 7. The molecule has 4 aliphatic rings. The van der Waals surface area contributed by atoms with E-state index in [9.17, 15) is 0 Å². The lowest BCUT2D eigenvalue weighted by Gasteiger charge is -2.57. The molecule has 0 saturated heterocycles. The molecule has 1 nitrogen and oxygen atoms in total. The van der Waals surface area contributed by atoms with E-state index in [0.29, 0.717) is 5.41 Å². The summed E-state index contributed by atoms with van der Waals surface area (Å²) < 4.78 is 0. The van der Waals surface area contributed by atoms with Crippen LogP contribution in [0.5, 0.6) is 0 Å². The van der Waals surface area contributed by atoms with Gasteiger partial charge in [0, 0.05) is 16.8 Å². The predicted octanol–water partition coefficient (Wildman–Crippen LogP) is 16.1.